The van der Waals surface area contributed by atoms with E-state index in [9.17, 15) is 0 Å². The molecule has 2 aromatic rings. The van der Waals surface area contributed by atoms with Crippen LogP contribution in [0.4, 0.5) is 17.3 Å². The van der Waals surface area contributed by atoms with Crippen LogP contribution >= 0.6 is 0 Å². The van der Waals surface area contributed by atoms with Crippen molar-refractivity contribution in [3.8, 4) is 0 Å². The molecule has 0 aliphatic rings. The molecular weight excluding hydrogens is 204 g/mol. The van der Waals surface area contributed by atoms with Crippen molar-refractivity contribution in [1.29, 1.82) is 0 Å². The normalized spacial score (nSPS) is 10.4. The second-order valence-corrected chi connectivity index (χ2v) is 3.48. The van der Waals surface area contributed by atoms with Crippen molar-refractivity contribution in [2.24, 2.45) is 7.05 Å². The van der Waals surface area contributed by atoms with Crippen LogP contribution in [-0.4, -0.2) is 19.7 Å². The Morgan fingerprint density at radius 3 is 2.69 bits per heavy atom. The lowest BCUT2D eigenvalue weighted by atomic mass is 10.3. The molecule has 2 aromatic heterocycles. The van der Waals surface area contributed by atoms with Crippen LogP contribution in [0.15, 0.2) is 18.6 Å². The summed E-state index contributed by atoms with van der Waals surface area (Å²) in [4.78, 5) is 8.15. The van der Waals surface area contributed by atoms with Crippen LogP contribution in [-0.2, 0) is 13.5 Å². The van der Waals surface area contributed by atoms with E-state index >= 15 is 0 Å². The zero-order valence-corrected chi connectivity index (χ0v) is 9.31. The van der Waals surface area contributed by atoms with Crippen molar-refractivity contribution in [1.82, 2.24) is 19.7 Å². The fourth-order valence-corrected chi connectivity index (χ4v) is 1.42. The minimum Gasteiger partial charge on any atom is -0.396 e. The fraction of sp³-hybridized carbons (Fsp3) is 0.300. The van der Waals surface area contributed by atoms with Gasteiger partial charge in [0.05, 0.1) is 29.5 Å². The first-order valence-corrected chi connectivity index (χ1v) is 5.06. The summed E-state index contributed by atoms with van der Waals surface area (Å²) < 4.78 is 1.76. The summed E-state index contributed by atoms with van der Waals surface area (Å²) in [7, 11) is 1.88. The first kappa shape index (κ1) is 10.4. The largest absolute Gasteiger partial charge is 0.396 e. The molecule has 84 valence electrons. The Labute approximate surface area is 93.5 Å². The van der Waals surface area contributed by atoms with Crippen LogP contribution in [0.2, 0.25) is 0 Å². The van der Waals surface area contributed by atoms with E-state index in [1.54, 1.807) is 17.1 Å². The molecule has 2 rings (SSSR count). The van der Waals surface area contributed by atoms with Gasteiger partial charge in [-0.3, -0.25) is 4.68 Å². The number of nitrogen functional groups attached to an aromatic ring is 1. The van der Waals surface area contributed by atoms with Gasteiger partial charge in [0, 0.05) is 13.2 Å². The summed E-state index contributed by atoms with van der Waals surface area (Å²) in [6.07, 6.45) is 5.89. The van der Waals surface area contributed by atoms with E-state index < -0.39 is 0 Å². The van der Waals surface area contributed by atoms with Gasteiger partial charge in [-0.05, 0) is 6.42 Å². The number of anilines is 3. The molecule has 2 heterocycles. The van der Waals surface area contributed by atoms with Crippen LogP contribution in [0.3, 0.4) is 0 Å². The Morgan fingerprint density at radius 1 is 1.38 bits per heavy atom. The molecule has 0 bridgehead atoms. The van der Waals surface area contributed by atoms with Crippen molar-refractivity contribution in [3.63, 3.8) is 0 Å². The number of aryl methyl sites for hydroxylation is 2. The molecule has 0 aliphatic carbocycles. The van der Waals surface area contributed by atoms with Gasteiger partial charge in [-0.25, -0.2) is 9.97 Å². The number of nitrogens with two attached hydrogens (primary N) is 1. The predicted octanol–water partition coefficient (Wildman–Crippen LogP) is 1.10. The maximum atomic E-state index is 5.51. The summed E-state index contributed by atoms with van der Waals surface area (Å²) in [6.45, 7) is 2.05. The Morgan fingerprint density at radius 2 is 2.06 bits per heavy atom. The van der Waals surface area contributed by atoms with E-state index in [0.717, 1.165) is 17.8 Å². The Hall–Kier alpha value is -2.11. The van der Waals surface area contributed by atoms with Gasteiger partial charge in [-0.2, -0.15) is 5.10 Å². The zero-order chi connectivity index (χ0) is 11.5. The van der Waals surface area contributed by atoms with E-state index in [1.165, 1.54) is 0 Å². The van der Waals surface area contributed by atoms with Crippen molar-refractivity contribution in [3.05, 3.63) is 24.3 Å². The Balaban J connectivity index is 2.22. The third-order valence-electron chi connectivity index (χ3n) is 2.16. The average molecular weight is 218 g/mol. The maximum absolute atomic E-state index is 5.51. The molecular formula is C10H14N6. The fourth-order valence-electron chi connectivity index (χ4n) is 1.42. The molecule has 0 fully saturated rings. The third-order valence-corrected chi connectivity index (χ3v) is 2.16. The zero-order valence-electron chi connectivity index (χ0n) is 9.31. The lowest BCUT2D eigenvalue weighted by Gasteiger charge is -2.02. The van der Waals surface area contributed by atoms with Crippen molar-refractivity contribution in [2.75, 3.05) is 11.1 Å². The van der Waals surface area contributed by atoms with Crippen LogP contribution in [0, 0.1) is 0 Å². The molecule has 0 spiro atoms. The van der Waals surface area contributed by atoms with Crippen molar-refractivity contribution in [2.45, 2.75) is 13.3 Å². The number of rotatable bonds is 3. The second-order valence-electron chi connectivity index (χ2n) is 3.48. The molecule has 0 aliphatic heterocycles. The molecule has 0 amide bonds. The van der Waals surface area contributed by atoms with E-state index in [2.05, 4.69) is 27.3 Å². The summed E-state index contributed by atoms with van der Waals surface area (Å²) >= 11 is 0. The number of nitrogens with zero attached hydrogens (tertiary/aromatic N) is 4. The minimum absolute atomic E-state index is 0.525. The van der Waals surface area contributed by atoms with Gasteiger partial charge in [0.2, 0.25) is 5.95 Å². The van der Waals surface area contributed by atoms with Gasteiger partial charge < -0.3 is 11.1 Å². The number of hydrogen-bond acceptors (Lipinski definition) is 5. The van der Waals surface area contributed by atoms with E-state index in [1.807, 2.05) is 13.2 Å². The van der Waals surface area contributed by atoms with Crippen LogP contribution in [0.1, 0.15) is 12.6 Å². The van der Waals surface area contributed by atoms with Gasteiger partial charge in [0.15, 0.2) is 0 Å². The Bertz CT molecular complexity index is 473. The number of aromatic nitrogens is 4. The van der Waals surface area contributed by atoms with Gasteiger partial charge in [0.25, 0.3) is 0 Å². The highest BCUT2D eigenvalue weighted by atomic mass is 15.3. The van der Waals surface area contributed by atoms with Gasteiger partial charge in [-0.1, -0.05) is 6.92 Å². The standard InChI is InChI=1S/C10H14N6/c1-3-8-9(6-16(2)15-8)14-10-12-4-7(11)5-13-10/h4-6H,3,11H2,1-2H3,(H,12,13,14). The first-order chi connectivity index (χ1) is 7.69. The molecule has 0 aromatic carbocycles. The maximum Gasteiger partial charge on any atom is 0.227 e. The van der Waals surface area contributed by atoms with Crippen LogP contribution in [0.25, 0.3) is 0 Å². The van der Waals surface area contributed by atoms with E-state index in [4.69, 9.17) is 5.73 Å². The summed E-state index contributed by atoms with van der Waals surface area (Å²) in [5, 5.41) is 7.43. The molecule has 6 heteroatoms. The highest BCUT2D eigenvalue weighted by Crippen LogP contribution is 2.17. The third kappa shape index (κ3) is 2.10. The summed E-state index contributed by atoms with van der Waals surface area (Å²) in [5.41, 5.74) is 7.97. The van der Waals surface area contributed by atoms with Crippen LogP contribution in [0.5, 0.6) is 0 Å². The highest BCUT2D eigenvalue weighted by Gasteiger charge is 2.06. The summed E-state index contributed by atoms with van der Waals surface area (Å²) in [5.74, 6) is 0.525. The monoisotopic (exact) mass is 218 g/mol. The van der Waals surface area contributed by atoms with Gasteiger partial charge in [-0.15, -0.1) is 0 Å². The predicted molar refractivity (Wildman–Crippen MR) is 62.3 cm³/mol. The number of hydrogen-bond donors (Lipinski definition) is 2. The molecule has 3 N–H and O–H groups in total. The van der Waals surface area contributed by atoms with Crippen molar-refractivity contribution < 1.29 is 0 Å². The molecule has 0 saturated carbocycles. The van der Waals surface area contributed by atoms with Crippen LogP contribution < -0.4 is 11.1 Å². The number of nitrogens with one attached hydrogen (secondary N) is 1. The second kappa shape index (κ2) is 4.18. The molecule has 6 nitrogen and oxygen atoms in total. The lowest BCUT2D eigenvalue weighted by molar-refractivity contribution is 0.746. The van der Waals surface area contributed by atoms with E-state index in [-0.39, 0.29) is 0 Å². The molecule has 0 atom stereocenters. The first-order valence-electron chi connectivity index (χ1n) is 5.06. The lowest BCUT2D eigenvalue weighted by Crippen LogP contribution is -1.99. The summed E-state index contributed by atoms with van der Waals surface area (Å²) in [6, 6.07) is 0. The average Bonchev–Trinajstić information content (AvgIpc) is 2.62. The molecule has 0 radical (unpaired) electrons. The quantitative estimate of drug-likeness (QED) is 0.806. The van der Waals surface area contributed by atoms with Gasteiger partial charge >= 0.3 is 0 Å². The SMILES string of the molecule is CCc1nn(C)cc1Nc1ncc(N)cn1. The topological polar surface area (TPSA) is 81.7 Å². The highest BCUT2D eigenvalue weighted by molar-refractivity contribution is 5.55. The molecule has 16 heavy (non-hydrogen) atoms. The van der Waals surface area contributed by atoms with E-state index in [0.29, 0.717) is 11.6 Å². The minimum atomic E-state index is 0.525. The molecule has 0 saturated heterocycles. The molecule has 0 unspecified atom stereocenters. The Kier molecular flexibility index (Phi) is 2.72. The van der Waals surface area contributed by atoms with Gasteiger partial charge in [0.1, 0.15) is 0 Å². The van der Waals surface area contributed by atoms with Crippen molar-refractivity contribution >= 4 is 17.3 Å². The smallest absolute Gasteiger partial charge is 0.227 e.